The minimum atomic E-state index is -0.306. The van der Waals surface area contributed by atoms with E-state index < -0.39 is 0 Å². The molecular weight excluding hydrogens is 329 g/mol. The number of carbonyl (C=O) groups excluding carboxylic acids is 1. The van der Waals surface area contributed by atoms with E-state index in [0.717, 1.165) is 28.9 Å². The molecule has 3 aromatic rings. The van der Waals surface area contributed by atoms with Crippen LogP contribution in [0.2, 0.25) is 0 Å². The summed E-state index contributed by atoms with van der Waals surface area (Å²) in [4.78, 5) is 17.1. The fourth-order valence-corrected chi connectivity index (χ4v) is 3.17. The van der Waals surface area contributed by atoms with Crippen molar-refractivity contribution >= 4 is 11.6 Å². The summed E-state index contributed by atoms with van der Waals surface area (Å²) in [5.74, 6) is -0.623. The Labute approximate surface area is 153 Å². The Bertz CT molecular complexity index is 919. The van der Waals surface area contributed by atoms with E-state index in [1.807, 2.05) is 49.6 Å². The van der Waals surface area contributed by atoms with E-state index in [1.54, 1.807) is 12.3 Å². The molecule has 1 amide bonds. The third-order valence-electron chi connectivity index (χ3n) is 4.78. The van der Waals surface area contributed by atoms with Gasteiger partial charge in [-0.25, -0.2) is 9.37 Å². The number of aryl methyl sites for hydroxylation is 1. The Morgan fingerprint density at radius 2 is 2.12 bits per heavy atom. The molecule has 0 aliphatic carbocycles. The smallest absolute Gasteiger partial charge is 0.221 e. The van der Waals surface area contributed by atoms with Gasteiger partial charge in [0.05, 0.1) is 5.69 Å². The van der Waals surface area contributed by atoms with E-state index in [0.29, 0.717) is 0 Å². The molecule has 5 heteroatoms. The van der Waals surface area contributed by atoms with Crippen LogP contribution in [0, 0.1) is 12.7 Å². The zero-order chi connectivity index (χ0) is 18.7. The number of rotatable bonds is 6. The number of amides is 1. The van der Waals surface area contributed by atoms with Gasteiger partial charge in [0.2, 0.25) is 5.91 Å². The summed E-state index contributed by atoms with van der Waals surface area (Å²) in [5.41, 5.74) is 3.56. The van der Waals surface area contributed by atoms with Crippen LogP contribution in [0.4, 0.5) is 4.39 Å². The second-order valence-corrected chi connectivity index (χ2v) is 6.76. The van der Waals surface area contributed by atoms with E-state index in [9.17, 15) is 9.18 Å². The van der Waals surface area contributed by atoms with Crippen LogP contribution in [0.1, 0.15) is 49.4 Å². The molecule has 0 spiro atoms. The van der Waals surface area contributed by atoms with Gasteiger partial charge in [-0.15, -0.1) is 0 Å². The summed E-state index contributed by atoms with van der Waals surface area (Å²) in [7, 11) is 0. The highest BCUT2D eigenvalue weighted by Gasteiger charge is 2.23. The van der Waals surface area contributed by atoms with Crippen molar-refractivity contribution in [1.82, 2.24) is 14.7 Å². The monoisotopic (exact) mass is 353 g/mol. The highest BCUT2D eigenvalue weighted by Crippen LogP contribution is 2.29. The average Bonchev–Trinajstić information content (AvgIpc) is 3.05. The lowest BCUT2D eigenvalue weighted by Gasteiger charge is -2.19. The van der Waals surface area contributed by atoms with Gasteiger partial charge in [-0.3, -0.25) is 4.79 Å². The van der Waals surface area contributed by atoms with Crippen molar-refractivity contribution in [3.8, 4) is 0 Å². The van der Waals surface area contributed by atoms with Gasteiger partial charge in [-0.2, -0.15) is 0 Å². The Hall–Kier alpha value is -2.69. The second kappa shape index (κ2) is 7.68. The number of imidazole rings is 1. The van der Waals surface area contributed by atoms with E-state index >= 15 is 0 Å². The van der Waals surface area contributed by atoms with Gasteiger partial charge in [-0.1, -0.05) is 25.1 Å². The van der Waals surface area contributed by atoms with Crippen molar-refractivity contribution in [2.75, 3.05) is 0 Å². The molecule has 1 aromatic carbocycles. The molecule has 0 aliphatic heterocycles. The van der Waals surface area contributed by atoms with Gasteiger partial charge in [0.1, 0.15) is 11.5 Å². The number of pyridine rings is 1. The van der Waals surface area contributed by atoms with Crippen LogP contribution < -0.4 is 5.32 Å². The van der Waals surface area contributed by atoms with Gasteiger partial charge < -0.3 is 9.72 Å². The summed E-state index contributed by atoms with van der Waals surface area (Å²) < 4.78 is 15.8. The number of nitrogens with one attached hydrogen (secondary N) is 1. The summed E-state index contributed by atoms with van der Waals surface area (Å²) in [6.07, 6.45) is 4.83. The maximum atomic E-state index is 13.8. The van der Waals surface area contributed by atoms with Crippen molar-refractivity contribution in [3.05, 3.63) is 71.4 Å². The van der Waals surface area contributed by atoms with Crippen molar-refractivity contribution < 1.29 is 9.18 Å². The molecular formula is C21H24FN3O. The van der Waals surface area contributed by atoms with Crippen LogP contribution >= 0.6 is 0 Å². The van der Waals surface area contributed by atoms with Crippen LogP contribution in [0.25, 0.3) is 5.65 Å². The molecule has 2 heterocycles. The predicted molar refractivity (Wildman–Crippen MR) is 101 cm³/mol. The maximum absolute atomic E-state index is 13.8. The van der Waals surface area contributed by atoms with Gasteiger partial charge in [0.15, 0.2) is 0 Å². The largest absolute Gasteiger partial charge is 0.354 e. The van der Waals surface area contributed by atoms with E-state index in [2.05, 4.69) is 10.3 Å². The molecule has 2 unspecified atom stereocenters. The molecule has 0 saturated carbocycles. The van der Waals surface area contributed by atoms with Crippen molar-refractivity contribution in [2.24, 2.45) is 0 Å². The molecule has 0 aliphatic rings. The summed E-state index contributed by atoms with van der Waals surface area (Å²) in [5, 5.41) is 3.00. The summed E-state index contributed by atoms with van der Waals surface area (Å²) in [6.45, 7) is 6.01. The normalized spacial score (nSPS) is 13.5. The average molecular weight is 353 g/mol. The Morgan fingerprint density at radius 3 is 2.85 bits per heavy atom. The Kier molecular flexibility index (Phi) is 5.35. The van der Waals surface area contributed by atoms with Crippen LogP contribution in [0.15, 0.2) is 48.8 Å². The first-order chi connectivity index (χ1) is 12.5. The number of hydrogen-bond acceptors (Lipinski definition) is 2. The molecule has 136 valence electrons. The van der Waals surface area contributed by atoms with Gasteiger partial charge in [0.25, 0.3) is 0 Å². The maximum Gasteiger partial charge on any atom is 0.221 e. The Morgan fingerprint density at radius 1 is 1.31 bits per heavy atom. The first-order valence-electron chi connectivity index (χ1n) is 8.97. The number of halogens is 1. The fraction of sp³-hybridized carbons (Fsp3) is 0.333. The molecule has 3 rings (SSSR count). The van der Waals surface area contributed by atoms with E-state index in [4.69, 9.17) is 0 Å². The van der Waals surface area contributed by atoms with Crippen molar-refractivity contribution in [3.63, 3.8) is 0 Å². The van der Waals surface area contributed by atoms with Crippen LogP contribution in [-0.4, -0.2) is 21.3 Å². The number of fused-ring (bicyclic) bond motifs is 1. The zero-order valence-corrected chi connectivity index (χ0v) is 15.4. The molecule has 0 bridgehead atoms. The lowest BCUT2D eigenvalue weighted by atomic mass is 9.92. The second-order valence-electron chi connectivity index (χ2n) is 6.76. The van der Waals surface area contributed by atoms with Crippen molar-refractivity contribution in [1.29, 1.82) is 0 Å². The van der Waals surface area contributed by atoms with Crippen LogP contribution in [0.5, 0.6) is 0 Å². The van der Waals surface area contributed by atoms with Gasteiger partial charge >= 0.3 is 0 Å². The van der Waals surface area contributed by atoms with Gasteiger partial charge in [0, 0.05) is 30.8 Å². The topological polar surface area (TPSA) is 46.4 Å². The number of carbonyl (C=O) groups is 1. The number of benzene rings is 1. The first kappa shape index (κ1) is 18.1. The highest BCUT2D eigenvalue weighted by atomic mass is 19.1. The minimum absolute atomic E-state index is 0.0452. The molecule has 1 N–H and O–H groups in total. The quantitative estimate of drug-likeness (QED) is 0.721. The first-order valence-corrected chi connectivity index (χ1v) is 8.97. The third-order valence-corrected chi connectivity index (χ3v) is 4.78. The zero-order valence-electron chi connectivity index (χ0n) is 15.4. The molecule has 2 aromatic heterocycles. The lowest BCUT2D eigenvalue weighted by Crippen LogP contribution is -2.33. The molecule has 0 saturated heterocycles. The number of hydrogen-bond donors (Lipinski definition) is 1. The summed E-state index contributed by atoms with van der Waals surface area (Å²) in [6, 6.07) is 10.5. The SMILES string of the molecule is CCC(C)NC(=O)CC(c1cccc(F)c1)c1cnc2c(C)cccn12. The minimum Gasteiger partial charge on any atom is -0.354 e. The molecule has 26 heavy (non-hydrogen) atoms. The summed E-state index contributed by atoms with van der Waals surface area (Å²) >= 11 is 0. The molecule has 4 nitrogen and oxygen atoms in total. The van der Waals surface area contributed by atoms with E-state index in [-0.39, 0.29) is 30.1 Å². The number of aromatic nitrogens is 2. The van der Waals surface area contributed by atoms with Gasteiger partial charge in [-0.05, 0) is 49.6 Å². The van der Waals surface area contributed by atoms with E-state index in [1.165, 1.54) is 12.1 Å². The molecule has 2 atom stereocenters. The Balaban J connectivity index is 2.02. The standard InChI is InChI=1S/C21H24FN3O/c1-4-15(3)24-20(26)12-18(16-8-5-9-17(22)11-16)19-13-23-21-14(2)7-6-10-25(19)21/h5-11,13,15,18H,4,12H2,1-3H3,(H,24,26). The van der Waals surface area contributed by atoms with Crippen LogP contribution in [0.3, 0.4) is 0 Å². The molecule has 0 fully saturated rings. The third kappa shape index (κ3) is 3.77. The lowest BCUT2D eigenvalue weighted by molar-refractivity contribution is -0.121. The van der Waals surface area contributed by atoms with Crippen molar-refractivity contribution in [2.45, 2.75) is 45.6 Å². The molecule has 0 radical (unpaired) electrons. The number of nitrogens with zero attached hydrogens (tertiary/aromatic N) is 2. The van der Waals surface area contributed by atoms with Crippen LogP contribution in [-0.2, 0) is 4.79 Å². The fourth-order valence-electron chi connectivity index (χ4n) is 3.17. The highest BCUT2D eigenvalue weighted by molar-refractivity contribution is 5.77. The predicted octanol–water partition coefficient (Wildman–Crippen LogP) is 4.22.